The first-order valence-corrected chi connectivity index (χ1v) is 8.17. The number of nitrogens with zero attached hydrogens (tertiary/aromatic N) is 1. The molecule has 2 saturated carbocycles. The van der Waals surface area contributed by atoms with Gasteiger partial charge in [0.2, 0.25) is 0 Å². The fraction of sp³-hybridized carbons (Fsp3) is 1.00. The number of rotatable bonds is 4. The normalized spacial score (nSPS) is 34.4. The summed E-state index contributed by atoms with van der Waals surface area (Å²) >= 11 is 0. The SMILES string of the molecule is COC1CCCC(CN)(N(C)C2CCCCCC2)C1. The molecule has 0 amide bonds. The van der Waals surface area contributed by atoms with E-state index in [1.807, 2.05) is 7.11 Å². The summed E-state index contributed by atoms with van der Waals surface area (Å²) in [5, 5.41) is 0. The van der Waals surface area contributed by atoms with Crippen LogP contribution in [0, 0.1) is 0 Å². The lowest BCUT2D eigenvalue weighted by Crippen LogP contribution is -2.59. The fourth-order valence-electron chi connectivity index (χ4n) is 4.17. The van der Waals surface area contributed by atoms with E-state index in [1.165, 1.54) is 57.8 Å². The van der Waals surface area contributed by atoms with Crippen molar-refractivity contribution in [1.29, 1.82) is 0 Å². The second-order valence-corrected chi connectivity index (χ2v) is 6.64. The highest BCUT2D eigenvalue weighted by molar-refractivity contribution is 4.98. The van der Waals surface area contributed by atoms with Crippen molar-refractivity contribution in [2.45, 2.75) is 81.9 Å². The highest BCUT2D eigenvalue weighted by atomic mass is 16.5. The van der Waals surface area contributed by atoms with Gasteiger partial charge in [-0.05, 0) is 45.6 Å². The molecule has 112 valence electrons. The summed E-state index contributed by atoms with van der Waals surface area (Å²) in [5.41, 5.74) is 6.39. The molecular formula is C16H32N2O. The smallest absolute Gasteiger partial charge is 0.0589 e. The molecular weight excluding hydrogens is 236 g/mol. The molecule has 2 aliphatic carbocycles. The van der Waals surface area contributed by atoms with E-state index in [4.69, 9.17) is 10.5 Å². The highest BCUT2D eigenvalue weighted by Gasteiger charge is 2.41. The van der Waals surface area contributed by atoms with Crippen molar-refractivity contribution in [2.75, 3.05) is 20.7 Å². The van der Waals surface area contributed by atoms with E-state index in [-0.39, 0.29) is 5.54 Å². The fourth-order valence-corrected chi connectivity index (χ4v) is 4.17. The Labute approximate surface area is 118 Å². The number of ether oxygens (including phenoxy) is 1. The molecule has 3 heteroatoms. The van der Waals surface area contributed by atoms with Gasteiger partial charge in [0.1, 0.15) is 0 Å². The van der Waals surface area contributed by atoms with Crippen molar-refractivity contribution in [1.82, 2.24) is 4.90 Å². The van der Waals surface area contributed by atoms with Crippen LogP contribution in [0.15, 0.2) is 0 Å². The van der Waals surface area contributed by atoms with E-state index in [0.717, 1.165) is 19.0 Å². The Bertz CT molecular complexity index is 263. The van der Waals surface area contributed by atoms with Crippen LogP contribution in [0.4, 0.5) is 0 Å². The van der Waals surface area contributed by atoms with E-state index < -0.39 is 0 Å². The van der Waals surface area contributed by atoms with Gasteiger partial charge in [-0.25, -0.2) is 0 Å². The Balaban J connectivity index is 2.05. The van der Waals surface area contributed by atoms with Gasteiger partial charge in [0.15, 0.2) is 0 Å². The first-order chi connectivity index (χ1) is 9.22. The second-order valence-electron chi connectivity index (χ2n) is 6.64. The molecule has 0 aromatic rings. The van der Waals surface area contributed by atoms with Crippen LogP contribution < -0.4 is 5.73 Å². The van der Waals surface area contributed by atoms with Gasteiger partial charge in [-0.1, -0.05) is 25.7 Å². The molecule has 0 aromatic carbocycles. The third kappa shape index (κ3) is 3.50. The van der Waals surface area contributed by atoms with E-state index in [2.05, 4.69) is 11.9 Å². The average Bonchev–Trinajstić information content (AvgIpc) is 2.75. The van der Waals surface area contributed by atoms with Crippen LogP contribution in [-0.2, 0) is 4.74 Å². The summed E-state index contributed by atoms with van der Waals surface area (Å²) in [4.78, 5) is 2.64. The molecule has 0 saturated heterocycles. The van der Waals surface area contributed by atoms with Crippen LogP contribution in [0.25, 0.3) is 0 Å². The Morgan fingerprint density at radius 3 is 2.37 bits per heavy atom. The third-order valence-corrected chi connectivity index (χ3v) is 5.61. The Morgan fingerprint density at radius 1 is 1.11 bits per heavy atom. The molecule has 2 unspecified atom stereocenters. The molecule has 2 atom stereocenters. The largest absolute Gasteiger partial charge is 0.381 e. The molecule has 0 aromatic heterocycles. The molecule has 0 aliphatic heterocycles. The van der Waals surface area contributed by atoms with Gasteiger partial charge in [-0.3, -0.25) is 4.90 Å². The van der Waals surface area contributed by atoms with Gasteiger partial charge in [0.05, 0.1) is 6.10 Å². The molecule has 2 fully saturated rings. The van der Waals surface area contributed by atoms with Crippen molar-refractivity contribution in [3.05, 3.63) is 0 Å². The molecule has 0 spiro atoms. The average molecular weight is 268 g/mol. The summed E-state index contributed by atoms with van der Waals surface area (Å²) in [7, 11) is 4.17. The predicted molar refractivity (Wildman–Crippen MR) is 80.3 cm³/mol. The number of methoxy groups -OCH3 is 1. The number of nitrogens with two attached hydrogens (primary N) is 1. The van der Waals surface area contributed by atoms with Crippen molar-refractivity contribution in [3.63, 3.8) is 0 Å². The van der Waals surface area contributed by atoms with Crippen molar-refractivity contribution in [2.24, 2.45) is 5.73 Å². The van der Waals surface area contributed by atoms with Gasteiger partial charge in [-0.15, -0.1) is 0 Å². The van der Waals surface area contributed by atoms with E-state index in [1.54, 1.807) is 0 Å². The van der Waals surface area contributed by atoms with Gasteiger partial charge >= 0.3 is 0 Å². The monoisotopic (exact) mass is 268 g/mol. The Kier molecular flexibility index (Phi) is 5.67. The molecule has 2 rings (SSSR count). The third-order valence-electron chi connectivity index (χ3n) is 5.61. The van der Waals surface area contributed by atoms with E-state index >= 15 is 0 Å². The Morgan fingerprint density at radius 2 is 1.79 bits per heavy atom. The van der Waals surface area contributed by atoms with Crippen molar-refractivity contribution >= 4 is 0 Å². The molecule has 2 N–H and O–H groups in total. The summed E-state index contributed by atoms with van der Waals surface area (Å²) in [6, 6.07) is 0.738. The number of hydrogen-bond acceptors (Lipinski definition) is 3. The summed E-state index contributed by atoms with van der Waals surface area (Å²) in [6.07, 6.45) is 13.6. The molecule has 3 nitrogen and oxygen atoms in total. The zero-order chi connectivity index (χ0) is 13.7. The lowest BCUT2D eigenvalue weighted by Gasteiger charge is -2.49. The van der Waals surface area contributed by atoms with Crippen LogP contribution in [0.3, 0.4) is 0 Å². The topological polar surface area (TPSA) is 38.5 Å². The van der Waals surface area contributed by atoms with Crippen LogP contribution in [-0.4, -0.2) is 43.3 Å². The minimum atomic E-state index is 0.188. The van der Waals surface area contributed by atoms with Crippen molar-refractivity contribution in [3.8, 4) is 0 Å². The standard InChI is InChI=1S/C16H32N2O/c1-18(14-8-5-3-4-6-9-14)16(13-17)11-7-10-15(12-16)19-2/h14-15H,3-13,17H2,1-2H3. The molecule has 0 heterocycles. The van der Waals surface area contributed by atoms with Gasteiger partial charge in [0, 0.05) is 25.2 Å². The quantitative estimate of drug-likeness (QED) is 0.797. The maximum Gasteiger partial charge on any atom is 0.0589 e. The lowest BCUT2D eigenvalue weighted by atomic mass is 9.77. The van der Waals surface area contributed by atoms with E-state index in [0.29, 0.717) is 6.10 Å². The lowest BCUT2D eigenvalue weighted by molar-refractivity contribution is -0.0303. The molecule has 19 heavy (non-hydrogen) atoms. The maximum absolute atomic E-state index is 6.20. The maximum atomic E-state index is 6.20. The zero-order valence-electron chi connectivity index (χ0n) is 12.9. The molecule has 2 aliphatic rings. The predicted octanol–water partition coefficient (Wildman–Crippen LogP) is 2.93. The highest BCUT2D eigenvalue weighted by Crippen LogP contribution is 2.37. The van der Waals surface area contributed by atoms with Gasteiger partial charge in [-0.2, -0.15) is 0 Å². The minimum Gasteiger partial charge on any atom is -0.381 e. The number of likely N-dealkylation sites (N-methyl/N-ethyl adjacent to an activating group) is 1. The van der Waals surface area contributed by atoms with Crippen LogP contribution in [0.1, 0.15) is 64.2 Å². The van der Waals surface area contributed by atoms with Crippen LogP contribution >= 0.6 is 0 Å². The first kappa shape index (κ1) is 15.3. The van der Waals surface area contributed by atoms with Gasteiger partial charge < -0.3 is 10.5 Å². The minimum absolute atomic E-state index is 0.188. The Hall–Kier alpha value is -0.120. The zero-order valence-corrected chi connectivity index (χ0v) is 12.9. The summed E-state index contributed by atoms with van der Waals surface area (Å²) in [5.74, 6) is 0. The summed E-state index contributed by atoms with van der Waals surface area (Å²) < 4.78 is 5.63. The van der Waals surface area contributed by atoms with Crippen molar-refractivity contribution < 1.29 is 4.74 Å². The van der Waals surface area contributed by atoms with Crippen LogP contribution in [0.5, 0.6) is 0 Å². The first-order valence-electron chi connectivity index (χ1n) is 8.17. The summed E-state index contributed by atoms with van der Waals surface area (Å²) in [6.45, 7) is 0.778. The van der Waals surface area contributed by atoms with Crippen LogP contribution in [0.2, 0.25) is 0 Å². The molecule has 0 bridgehead atoms. The van der Waals surface area contributed by atoms with E-state index in [9.17, 15) is 0 Å². The number of hydrogen-bond donors (Lipinski definition) is 1. The van der Waals surface area contributed by atoms with Gasteiger partial charge in [0.25, 0.3) is 0 Å². The second kappa shape index (κ2) is 7.05. The molecule has 0 radical (unpaired) electrons.